The van der Waals surface area contributed by atoms with E-state index in [1.165, 1.54) is 19.1 Å². The highest BCUT2D eigenvalue weighted by molar-refractivity contribution is 5.94. The lowest BCUT2D eigenvalue weighted by atomic mass is 10.3. The molecule has 0 N–H and O–H groups in total. The van der Waals surface area contributed by atoms with Crippen LogP contribution in [0.4, 0.5) is 0 Å². The molecular weight excluding hydrogens is 212 g/mol. The van der Waals surface area contributed by atoms with E-state index in [2.05, 4.69) is 9.47 Å². The minimum absolute atomic E-state index is 0.0104. The molecule has 0 amide bonds. The maximum absolute atomic E-state index is 10.8. The van der Waals surface area contributed by atoms with E-state index in [1.807, 2.05) is 0 Å². The van der Waals surface area contributed by atoms with Crippen LogP contribution in [0.25, 0.3) is 0 Å². The van der Waals surface area contributed by atoms with Gasteiger partial charge in [-0.15, -0.1) is 0 Å². The molecule has 0 aliphatic heterocycles. The Morgan fingerprint density at radius 2 is 1.94 bits per heavy atom. The molecule has 0 rings (SSSR count). The molecule has 5 heteroatoms. The molecule has 88 valence electrons. The molecule has 0 aliphatic carbocycles. The van der Waals surface area contributed by atoms with E-state index in [1.54, 1.807) is 13.0 Å². The van der Waals surface area contributed by atoms with E-state index >= 15 is 0 Å². The Morgan fingerprint density at radius 1 is 1.25 bits per heavy atom. The fraction of sp³-hybridized carbons (Fsp3) is 0.364. The Bertz CT molecular complexity index is 314. The number of rotatable bonds is 6. The number of ether oxygens (including phenoxy) is 2. The van der Waals surface area contributed by atoms with Gasteiger partial charge in [-0.3, -0.25) is 9.59 Å². The summed E-state index contributed by atoms with van der Waals surface area (Å²) in [6.07, 6.45) is 5.02. The summed E-state index contributed by atoms with van der Waals surface area (Å²) in [6, 6.07) is 0. The number of carbonyl (C=O) groups excluding carboxylic acids is 3. The second-order valence-electron chi connectivity index (χ2n) is 2.87. The zero-order chi connectivity index (χ0) is 12.4. The highest BCUT2D eigenvalue weighted by Gasteiger charge is 2.03. The molecule has 0 spiro atoms. The Balaban J connectivity index is 3.66. The first kappa shape index (κ1) is 14.1. The first-order valence-electron chi connectivity index (χ1n) is 4.69. The molecule has 16 heavy (non-hydrogen) atoms. The molecule has 0 saturated heterocycles. The van der Waals surface area contributed by atoms with Crippen LogP contribution in [0, 0.1) is 0 Å². The third kappa shape index (κ3) is 8.68. The number of ketones is 1. The Labute approximate surface area is 93.7 Å². The quantitative estimate of drug-likeness (QED) is 0.294. The third-order valence-electron chi connectivity index (χ3n) is 1.31. The van der Waals surface area contributed by atoms with Crippen molar-refractivity contribution >= 4 is 17.7 Å². The lowest BCUT2D eigenvalue weighted by molar-refractivity contribution is -0.140. The van der Waals surface area contributed by atoms with Crippen LogP contribution < -0.4 is 0 Å². The number of Topliss-reactive ketones (excluding diaryl/α,β-unsaturated/α-hetero) is 1. The number of esters is 2. The van der Waals surface area contributed by atoms with E-state index in [9.17, 15) is 14.4 Å². The standard InChI is InChI=1S/C11H14O5/c1-3-5-10(13)15-6-4-7-16-11(14)8-9(2)12/h3-5,7H,6,8H2,1-2H3. The molecule has 0 fully saturated rings. The maximum Gasteiger partial charge on any atom is 0.330 e. The summed E-state index contributed by atoms with van der Waals surface area (Å²) in [5, 5.41) is 0. The van der Waals surface area contributed by atoms with Crippen LogP contribution in [0.3, 0.4) is 0 Å². The Hall–Kier alpha value is -1.91. The minimum Gasteiger partial charge on any atom is -0.458 e. The fourth-order valence-electron chi connectivity index (χ4n) is 0.723. The van der Waals surface area contributed by atoms with Gasteiger partial charge >= 0.3 is 11.9 Å². The maximum atomic E-state index is 10.8. The lowest BCUT2D eigenvalue weighted by Crippen LogP contribution is -2.05. The highest BCUT2D eigenvalue weighted by atomic mass is 16.5. The van der Waals surface area contributed by atoms with Crippen molar-refractivity contribution in [3.63, 3.8) is 0 Å². The molecule has 0 saturated carbocycles. The summed E-state index contributed by atoms with van der Waals surface area (Å²) in [5.74, 6) is -1.37. The van der Waals surface area contributed by atoms with Crippen molar-refractivity contribution < 1.29 is 23.9 Å². The van der Waals surface area contributed by atoms with Gasteiger partial charge in [-0.25, -0.2) is 4.79 Å². The molecule has 0 aliphatic rings. The van der Waals surface area contributed by atoms with Crippen molar-refractivity contribution in [3.05, 3.63) is 24.5 Å². The predicted octanol–water partition coefficient (Wildman–Crippen LogP) is 1.14. The first-order chi connectivity index (χ1) is 7.56. The van der Waals surface area contributed by atoms with Crippen LogP contribution in [0.1, 0.15) is 20.3 Å². The summed E-state index contributed by atoms with van der Waals surface area (Å²) >= 11 is 0. The SMILES string of the molecule is CC=CC(=O)OCC=COC(=O)CC(C)=O. The van der Waals surface area contributed by atoms with Crippen molar-refractivity contribution in [3.8, 4) is 0 Å². The van der Waals surface area contributed by atoms with Gasteiger partial charge in [-0.2, -0.15) is 0 Å². The number of hydrogen-bond acceptors (Lipinski definition) is 5. The van der Waals surface area contributed by atoms with Gasteiger partial charge in [0.25, 0.3) is 0 Å². The van der Waals surface area contributed by atoms with E-state index in [0.717, 1.165) is 6.26 Å². The molecule has 5 nitrogen and oxygen atoms in total. The molecule has 0 aromatic carbocycles. The van der Waals surface area contributed by atoms with E-state index < -0.39 is 11.9 Å². The fourth-order valence-corrected chi connectivity index (χ4v) is 0.723. The van der Waals surface area contributed by atoms with Crippen molar-refractivity contribution in [1.29, 1.82) is 0 Å². The van der Waals surface area contributed by atoms with Crippen LogP contribution in [0.15, 0.2) is 24.5 Å². The average molecular weight is 226 g/mol. The van der Waals surface area contributed by atoms with Crippen molar-refractivity contribution in [2.45, 2.75) is 20.3 Å². The summed E-state index contributed by atoms with van der Waals surface area (Å²) < 4.78 is 9.22. The summed E-state index contributed by atoms with van der Waals surface area (Å²) in [7, 11) is 0. The zero-order valence-corrected chi connectivity index (χ0v) is 9.26. The van der Waals surface area contributed by atoms with E-state index in [0.29, 0.717) is 0 Å². The van der Waals surface area contributed by atoms with Gasteiger partial charge in [-0.05, 0) is 19.9 Å². The monoisotopic (exact) mass is 226 g/mol. The minimum atomic E-state index is -0.636. The molecule has 0 atom stereocenters. The van der Waals surface area contributed by atoms with Crippen LogP contribution in [0.5, 0.6) is 0 Å². The van der Waals surface area contributed by atoms with Gasteiger partial charge in [0, 0.05) is 6.08 Å². The van der Waals surface area contributed by atoms with E-state index in [-0.39, 0.29) is 18.8 Å². The van der Waals surface area contributed by atoms with Gasteiger partial charge in [0.1, 0.15) is 18.8 Å². The van der Waals surface area contributed by atoms with Crippen molar-refractivity contribution in [2.75, 3.05) is 6.61 Å². The molecule has 0 bridgehead atoms. The zero-order valence-electron chi connectivity index (χ0n) is 9.26. The lowest BCUT2D eigenvalue weighted by Gasteiger charge is -1.97. The van der Waals surface area contributed by atoms with E-state index in [4.69, 9.17) is 0 Å². The van der Waals surface area contributed by atoms with Gasteiger partial charge in [0.15, 0.2) is 0 Å². The molecule has 0 heterocycles. The predicted molar refractivity (Wildman–Crippen MR) is 56.3 cm³/mol. The summed E-state index contributed by atoms with van der Waals surface area (Å²) in [5.41, 5.74) is 0. The smallest absolute Gasteiger partial charge is 0.330 e. The van der Waals surface area contributed by atoms with Crippen LogP contribution in [-0.4, -0.2) is 24.3 Å². The van der Waals surface area contributed by atoms with Crippen LogP contribution >= 0.6 is 0 Å². The number of carbonyl (C=O) groups is 3. The van der Waals surface area contributed by atoms with Gasteiger partial charge in [-0.1, -0.05) is 6.08 Å². The first-order valence-corrected chi connectivity index (χ1v) is 4.69. The van der Waals surface area contributed by atoms with Crippen molar-refractivity contribution in [2.24, 2.45) is 0 Å². The largest absolute Gasteiger partial charge is 0.458 e. The van der Waals surface area contributed by atoms with Crippen LogP contribution in [0.2, 0.25) is 0 Å². The molecule has 0 aromatic rings. The molecule has 0 unspecified atom stereocenters. The second kappa shape index (κ2) is 8.40. The van der Waals surface area contributed by atoms with Gasteiger partial charge in [0.05, 0.1) is 6.26 Å². The topological polar surface area (TPSA) is 69.7 Å². The highest BCUT2D eigenvalue weighted by Crippen LogP contribution is 1.90. The molecular formula is C11H14O5. The number of hydrogen-bond donors (Lipinski definition) is 0. The summed E-state index contributed by atoms with van der Waals surface area (Å²) in [4.78, 5) is 32.1. The second-order valence-corrected chi connectivity index (χ2v) is 2.87. The van der Waals surface area contributed by atoms with Crippen molar-refractivity contribution in [1.82, 2.24) is 0 Å². The Kier molecular flexibility index (Phi) is 7.40. The average Bonchev–Trinajstić information content (AvgIpc) is 2.16. The molecule has 0 radical (unpaired) electrons. The Morgan fingerprint density at radius 3 is 2.50 bits per heavy atom. The molecule has 0 aromatic heterocycles. The normalized spacial score (nSPS) is 10.6. The van der Waals surface area contributed by atoms with Gasteiger partial charge in [0.2, 0.25) is 0 Å². The van der Waals surface area contributed by atoms with Crippen LogP contribution in [-0.2, 0) is 23.9 Å². The number of allylic oxidation sites excluding steroid dienone is 1. The summed E-state index contributed by atoms with van der Waals surface area (Å²) in [6.45, 7) is 3.00. The third-order valence-corrected chi connectivity index (χ3v) is 1.31. The van der Waals surface area contributed by atoms with Gasteiger partial charge < -0.3 is 9.47 Å².